The second-order valence-electron chi connectivity index (χ2n) is 5.43. The third-order valence-electron chi connectivity index (χ3n) is 4.45. The van der Waals surface area contributed by atoms with E-state index in [0.717, 1.165) is 24.9 Å². The summed E-state index contributed by atoms with van der Waals surface area (Å²) in [5, 5.41) is 0. The summed E-state index contributed by atoms with van der Waals surface area (Å²) in [4.78, 5) is 6.77. The summed E-state index contributed by atoms with van der Waals surface area (Å²) in [6, 6.07) is 5.38. The van der Waals surface area contributed by atoms with Crippen LogP contribution >= 0.6 is 0 Å². The van der Waals surface area contributed by atoms with Crippen molar-refractivity contribution in [2.45, 2.75) is 50.4 Å². The van der Waals surface area contributed by atoms with Crippen LogP contribution in [0.3, 0.4) is 0 Å². The summed E-state index contributed by atoms with van der Waals surface area (Å²) >= 11 is 0. The van der Waals surface area contributed by atoms with Gasteiger partial charge in [-0.2, -0.15) is 0 Å². The molecule has 1 unspecified atom stereocenters. The molecular weight excluding hydrogens is 226 g/mol. The zero-order valence-corrected chi connectivity index (χ0v) is 10.9. The Bertz CT molecular complexity index is 409. The normalized spacial score (nSPS) is 31.7. The molecule has 0 saturated carbocycles. The van der Waals surface area contributed by atoms with Gasteiger partial charge in [0, 0.05) is 37.5 Å². The Morgan fingerprint density at radius 1 is 1.39 bits per heavy atom. The predicted octanol–water partition coefficient (Wildman–Crippen LogP) is 1.81. The molecule has 4 nitrogen and oxygen atoms in total. The van der Waals surface area contributed by atoms with Gasteiger partial charge in [-0.25, -0.2) is 4.98 Å². The molecule has 98 valence electrons. The number of hydrogen-bond donors (Lipinski definition) is 1. The van der Waals surface area contributed by atoms with Gasteiger partial charge in [-0.3, -0.25) is 4.90 Å². The lowest BCUT2D eigenvalue weighted by atomic mass is 9.99. The number of aromatic nitrogens is 1. The number of anilines is 1. The highest BCUT2D eigenvalue weighted by molar-refractivity contribution is 5.38. The average Bonchev–Trinajstić information content (AvgIpc) is 2.63. The van der Waals surface area contributed by atoms with Crippen LogP contribution in [0.5, 0.6) is 0 Å². The minimum atomic E-state index is 0.449. The Morgan fingerprint density at radius 3 is 2.72 bits per heavy atom. The molecule has 0 radical (unpaired) electrons. The molecule has 2 N–H and O–H groups in total. The number of fused-ring (bicyclic) bond motifs is 2. The van der Waals surface area contributed by atoms with E-state index in [1.54, 1.807) is 6.20 Å². The van der Waals surface area contributed by atoms with Crippen molar-refractivity contribution in [1.82, 2.24) is 9.88 Å². The van der Waals surface area contributed by atoms with Crippen molar-refractivity contribution in [3.05, 3.63) is 23.9 Å². The Morgan fingerprint density at radius 2 is 2.11 bits per heavy atom. The number of piperidine rings is 1. The van der Waals surface area contributed by atoms with Crippen molar-refractivity contribution in [2.75, 3.05) is 12.8 Å². The fraction of sp³-hybridized carbons (Fsp3) is 0.643. The maximum Gasteiger partial charge on any atom is 0.127 e. The Hall–Kier alpha value is -1.13. The van der Waals surface area contributed by atoms with Gasteiger partial charge in [-0.05, 0) is 31.7 Å². The van der Waals surface area contributed by atoms with Crippen LogP contribution in [-0.2, 0) is 11.3 Å². The molecule has 2 fully saturated rings. The van der Waals surface area contributed by atoms with E-state index < -0.39 is 0 Å². The van der Waals surface area contributed by atoms with Crippen molar-refractivity contribution < 1.29 is 4.74 Å². The fourth-order valence-electron chi connectivity index (χ4n) is 3.46. The van der Waals surface area contributed by atoms with Gasteiger partial charge >= 0.3 is 0 Å². The van der Waals surface area contributed by atoms with E-state index >= 15 is 0 Å². The van der Waals surface area contributed by atoms with Crippen molar-refractivity contribution in [2.24, 2.45) is 0 Å². The number of nitrogens with zero attached hydrogens (tertiary/aromatic N) is 2. The van der Waals surface area contributed by atoms with Gasteiger partial charge in [-0.1, -0.05) is 6.07 Å². The number of rotatable bonds is 3. The maximum absolute atomic E-state index is 5.94. The summed E-state index contributed by atoms with van der Waals surface area (Å²) in [5.41, 5.74) is 7.10. The molecule has 0 amide bonds. The largest absolute Gasteiger partial charge is 0.383 e. The van der Waals surface area contributed by atoms with Gasteiger partial charge in [0.25, 0.3) is 0 Å². The third-order valence-corrected chi connectivity index (χ3v) is 4.45. The smallest absolute Gasteiger partial charge is 0.127 e. The first-order chi connectivity index (χ1) is 8.78. The van der Waals surface area contributed by atoms with E-state index in [4.69, 9.17) is 10.5 Å². The van der Waals surface area contributed by atoms with E-state index in [1.807, 2.05) is 13.2 Å². The van der Waals surface area contributed by atoms with Crippen LogP contribution in [0.2, 0.25) is 0 Å². The predicted molar refractivity (Wildman–Crippen MR) is 71.0 cm³/mol. The lowest BCUT2D eigenvalue weighted by Crippen LogP contribution is -2.44. The molecule has 3 rings (SSSR count). The van der Waals surface area contributed by atoms with Gasteiger partial charge in [-0.15, -0.1) is 0 Å². The van der Waals surface area contributed by atoms with Crippen LogP contribution in [0.15, 0.2) is 18.3 Å². The van der Waals surface area contributed by atoms with Gasteiger partial charge in [0.05, 0.1) is 6.10 Å². The number of nitrogens with two attached hydrogens (primary N) is 1. The minimum Gasteiger partial charge on any atom is -0.383 e. The number of pyridine rings is 1. The fourth-order valence-corrected chi connectivity index (χ4v) is 3.46. The lowest BCUT2D eigenvalue weighted by molar-refractivity contribution is 0.00257. The zero-order valence-electron chi connectivity index (χ0n) is 10.9. The molecule has 2 aliphatic heterocycles. The molecule has 3 heterocycles. The monoisotopic (exact) mass is 247 g/mol. The van der Waals surface area contributed by atoms with E-state index in [0.29, 0.717) is 24.0 Å². The first kappa shape index (κ1) is 11.9. The van der Waals surface area contributed by atoms with Gasteiger partial charge in [0.1, 0.15) is 5.82 Å². The minimum absolute atomic E-state index is 0.449. The maximum atomic E-state index is 5.94. The Kier molecular flexibility index (Phi) is 3.22. The second kappa shape index (κ2) is 4.86. The van der Waals surface area contributed by atoms with E-state index in [1.165, 1.54) is 12.8 Å². The van der Waals surface area contributed by atoms with Crippen LogP contribution in [0.4, 0.5) is 5.82 Å². The highest BCUT2D eigenvalue weighted by Gasteiger charge is 2.40. The van der Waals surface area contributed by atoms with Crippen molar-refractivity contribution in [3.63, 3.8) is 0 Å². The third kappa shape index (κ3) is 2.10. The van der Waals surface area contributed by atoms with Gasteiger partial charge in [0.2, 0.25) is 0 Å². The standard InChI is InChI=1S/C14H21N3O/c1-18-13-7-11-4-5-12(8-13)17(11)9-10-3-2-6-16-14(10)15/h2-3,6,11-13H,4-5,7-9H2,1H3,(H2,15,16)/t11-,12+,13?. The molecule has 4 heteroatoms. The lowest BCUT2D eigenvalue weighted by Gasteiger charge is -2.38. The van der Waals surface area contributed by atoms with E-state index in [-0.39, 0.29) is 0 Å². The highest BCUT2D eigenvalue weighted by Crippen LogP contribution is 2.37. The summed E-state index contributed by atoms with van der Waals surface area (Å²) in [6.07, 6.45) is 7.12. The van der Waals surface area contributed by atoms with Crippen molar-refractivity contribution in [1.29, 1.82) is 0 Å². The highest BCUT2D eigenvalue weighted by atomic mass is 16.5. The van der Waals surface area contributed by atoms with Gasteiger partial charge in [0.15, 0.2) is 0 Å². The Balaban J connectivity index is 1.73. The zero-order chi connectivity index (χ0) is 12.5. The first-order valence-electron chi connectivity index (χ1n) is 6.76. The SMILES string of the molecule is COC1C[C@H]2CC[C@@H](C1)N2Cc1cccnc1N. The molecule has 1 aromatic rings. The molecular formula is C14H21N3O. The summed E-state index contributed by atoms with van der Waals surface area (Å²) in [6.45, 7) is 0.936. The van der Waals surface area contributed by atoms with Crippen LogP contribution in [-0.4, -0.2) is 35.2 Å². The van der Waals surface area contributed by atoms with Crippen LogP contribution < -0.4 is 5.73 Å². The number of nitrogen functional groups attached to an aromatic ring is 1. The van der Waals surface area contributed by atoms with Crippen LogP contribution in [0, 0.1) is 0 Å². The molecule has 2 aliphatic rings. The summed E-state index contributed by atoms with van der Waals surface area (Å²) in [7, 11) is 1.83. The number of methoxy groups -OCH3 is 1. The molecule has 3 atom stereocenters. The average molecular weight is 247 g/mol. The summed E-state index contributed by atoms with van der Waals surface area (Å²) < 4.78 is 5.53. The number of ether oxygens (including phenoxy) is 1. The molecule has 2 saturated heterocycles. The summed E-state index contributed by atoms with van der Waals surface area (Å²) in [5.74, 6) is 0.672. The van der Waals surface area contributed by atoms with Crippen molar-refractivity contribution in [3.8, 4) is 0 Å². The first-order valence-corrected chi connectivity index (χ1v) is 6.76. The Labute approximate surface area is 108 Å². The van der Waals surface area contributed by atoms with E-state index in [2.05, 4.69) is 16.0 Å². The van der Waals surface area contributed by atoms with Crippen LogP contribution in [0.1, 0.15) is 31.2 Å². The molecule has 1 aromatic heterocycles. The van der Waals surface area contributed by atoms with Crippen molar-refractivity contribution >= 4 is 5.82 Å². The van der Waals surface area contributed by atoms with Crippen LogP contribution in [0.25, 0.3) is 0 Å². The molecule has 2 bridgehead atoms. The van der Waals surface area contributed by atoms with Gasteiger partial charge < -0.3 is 10.5 Å². The molecule has 0 spiro atoms. The quantitative estimate of drug-likeness (QED) is 0.885. The number of hydrogen-bond acceptors (Lipinski definition) is 4. The topological polar surface area (TPSA) is 51.4 Å². The molecule has 0 aromatic carbocycles. The van der Waals surface area contributed by atoms with E-state index in [9.17, 15) is 0 Å². The molecule has 18 heavy (non-hydrogen) atoms. The second-order valence-corrected chi connectivity index (χ2v) is 5.43. The molecule has 0 aliphatic carbocycles.